The number of nitrogens with zero attached hydrogens (tertiary/aromatic N) is 4. The number of aryl methyl sites for hydroxylation is 1. The first-order chi connectivity index (χ1) is 8.97. The van der Waals surface area contributed by atoms with Crippen LogP contribution in [0.2, 0.25) is 5.15 Å². The second-order valence-corrected chi connectivity index (χ2v) is 4.41. The second-order valence-electron chi connectivity index (χ2n) is 4.02. The normalized spacial score (nSPS) is 10.5. The molecule has 0 aliphatic carbocycles. The van der Waals surface area contributed by atoms with E-state index in [1.807, 2.05) is 14.0 Å². The number of hydrogen-bond acceptors (Lipinski definition) is 5. The molecule has 0 aromatic carbocycles. The van der Waals surface area contributed by atoms with Crippen LogP contribution in [0, 0.1) is 17.0 Å². The predicted octanol–water partition coefficient (Wildman–Crippen LogP) is 2.30. The Morgan fingerprint density at radius 1 is 1.53 bits per heavy atom. The van der Waals surface area contributed by atoms with Crippen molar-refractivity contribution >= 4 is 23.1 Å². The lowest BCUT2D eigenvalue weighted by Gasteiger charge is -2.05. The van der Waals surface area contributed by atoms with E-state index in [2.05, 4.69) is 15.4 Å². The molecule has 2 heterocycles. The highest BCUT2D eigenvalue weighted by molar-refractivity contribution is 6.29. The van der Waals surface area contributed by atoms with Crippen molar-refractivity contribution in [3.05, 3.63) is 44.9 Å². The summed E-state index contributed by atoms with van der Waals surface area (Å²) in [6.45, 7) is 2.42. The van der Waals surface area contributed by atoms with Gasteiger partial charge >= 0.3 is 0 Å². The molecule has 0 fully saturated rings. The van der Waals surface area contributed by atoms with Crippen molar-refractivity contribution < 1.29 is 4.92 Å². The Morgan fingerprint density at radius 2 is 2.26 bits per heavy atom. The minimum Gasteiger partial charge on any atom is -0.366 e. The van der Waals surface area contributed by atoms with E-state index < -0.39 is 4.92 Å². The number of pyridine rings is 1. The van der Waals surface area contributed by atoms with Gasteiger partial charge in [-0.2, -0.15) is 5.10 Å². The van der Waals surface area contributed by atoms with Crippen LogP contribution >= 0.6 is 11.6 Å². The molecule has 0 amide bonds. The Labute approximate surface area is 114 Å². The van der Waals surface area contributed by atoms with Crippen molar-refractivity contribution in [2.24, 2.45) is 7.05 Å². The first-order valence-corrected chi connectivity index (χ1v) is 5.88. The first-order valence-electron chi connectivity index (χ1n) is 5.50. The molecule has 0 saturated heterocycles. The molecule has 0 unspecified atom stereocenters. The topological polar surface area (TPSA) is 85.9 Å². The lowest BCUT2D eigenvalue weighted by molar-refractivity contribution is -0.384. The standard InChI is InChI=1S/C11H12ClN5O2/c1-7-8(6-14-16(7)2)5-13-11-4-9(17(18)19)3-10(12)15-11/h3-4,6H,5H2,1-2H3,(H,13,15). The van der Waals surface area contributed by atoms with Crippen LogP contribution in [0.5, 0.6) is 0 Å². The fourth-order valence-electron chi connectivity index (χ4n) is 1.58. The fraction of sp³-hybridized carbons (Fsp3) is 0.273. The van der Waals surface area contributed by atoms with Crippen molar-refractivity contribution in [2.75, 3.05) is 5.32 Å². The maximum absolute atomic E-state index is 10.7. The van der Waals surface area contributed by atoms with E-state index >= 15 is 0 Å². The summed E-state index contributed by atoms with van der Waals surface area (Å²) >= 11 is 5.74. The third-order valence-corrected chi connectivity index (χ3v) is 2.98. The summed E-state index contributed by atoms with van der Waals surface area (Å²) in [5, 5.41) is 17.9. The van der Waals surface area contributed by atoms with E-state index in [0.29, 0.717) is 12.4 Å². The quantitative estimate of drug-likeness (QED) is 0.528. The Kier molecular flexibility index (Phi) is 3.66. The highest BCUT2D eigenvalue weighted by Gasteiger charge is 2.11. The van der Waals surface area contributed by atoms with Crippen molar-refractivity contribution in [1.29, 1.82) is 0 Å². The van der Waals surface area contributed by atoms with Gasteiger partial charge in [-0.15, -0.1) is 0 Å². The van der Waals surface area contributed by atoms with Gasteiger partial charge in [0.2, 0.25) is 0 Å². The Morgan fingerprint density at radius 3 is 2.84 bits per heavy atom. The van der Waals surface area contributed by atoms with Gasteiger partial charge in [0.1, 0.15) is 11.0 Å². The van der Waals surface area contributed by atoms with Gasteiger partial charge in [-0.3, -0.25) is 14.8 Å². The van der Waals surface area contributed by atoms with Crippen LogP contribution in [-0.4, -0.2) is 19.7 Å². The van der Waals surface area contributed by atoms with E-state index in [1.165, 1.54) is 12.1 Å². The van der Waals surface area contributed by atoms with Gasteiger partial charge in [-0.1, -0.05) is 11.6 Å². The van der Waals surface area contributed by atoms with Gasteiger partial charge in [-0.05, 0) is 6.92 Å². The lowest BCUT2D eigenvalue weighted by atomic mass is 10.2. The largest absolute Gasteiger partial charge is 0.366 e. The zero-order valence-corrected chi connectivity index (χ0v) is 11.2. The Bertz CT molecular complexity index is 626. The molecule has 0 spiro atoms. The fourth-order valence-corrected chi connectivity index (χ4v) is 1.79. The van der Waals surface area contributed by atoms with Crippen molar-refractivity contribution in [3.63, 3.8) is 0 Å². The lowest BCUT2D eigenvalue weighted by Crippen LogP contribution is -2.03. The number of nitrogens with one attached hydrogen (secondary N) is 1. The van der Waals surface area contributed by atoms with Crippen LogP contribution in [0.4, 0.5) is 11.5 Å². The Balaban J connectivity index is 2.15. The number of hydrogen-bond donors (Lipinski definition) is 1. The summed E-state index contributed by atoms with van der Waals surface area (Å²) in [5.41, 5.74) is 1.92. The van der Waals surface area contributed by atoms with E-state index in [9.17, 15) is 10.1 Å². The van der Waals surface area contributed by atoms with Gasteiger partial charge in [0.25, 0.3) is 5.69 Å². The zero-order valence-electron chi connectivity index (χ0n) is 10.4. The van der Waals surface area contributed by atoms with Gasteiger partial charge in [-0.25, -0.2) is 4.98 Å². The average molecular weight is 282 g/mol. The van der Waals surface area contributed by atoms with E-state index in [0.717, 1.165) is 11.3 Å². The van der Waals surface area contributed by atoms with Gasteiger partial charge in [0.05, 0.1) is 23.3 Å². The number of halogens is 1. The van der Waals surface area contributed by atoms with E-state index in [-0.39, 0.29) is 10.8 Å². The van der Waals surface area contributed by atoms with Crippen LogP contribution in [0.25, 0.3) is 0 Å². The Hall–Kier alpha value is -2.15. The molecule has 0 atom stereocenters. The number of aromatic nitrogens is 3. The SMILES string of the molecule is Cc1c(CNc2cc([N+](=O)[O-])cc(Cl)n2)cnn1C. The molecule has 2 rings (SSSR count). The molecule has 8 heteroatoms. The number of nitro groups is 1. The minimum absolute atomic E-state index is 0.0830. The van der Waals surface area contributed by atoms with E-state index in [1.54, 1.807) is 10.9 Å². The van der Waals surface area contributed by atoms with Crippen molar-refractivity contribution in [2.45, 2.75) is 13.5 Å². The van der Waals surface area contributed by atoms with Crippen LogP contribution in [-0.2, 0) is 13.6 Å². The van der Waals surface area contributed by atoms with Crippen LogP contribution in [0.3, 0.4) is 0 Å². The second kappa shape index (κ2) is 5.23. The monoisotopic (exact) mass is 281 g/mol. The maximum atomic E-state index is 10.7. The van der Waals surface area contributed by atoms with Crippen molar-refractivity contribution in [3.8, 4) is 0 Å². The molecule has 1 N–H and O–H groups in total. The molecule has 0 bridgehead atoms. The molecule has 0 aliphatic heterocycles. The zero-order chi connectivity index (χ0) is 14.0. The molecule has 7 nitrogen and oxygen atoms in total. The minimum atomic E-state index is -0.506. The van der Waals surface area contributed by atoms with Gasteiger partial charge < -0.3 is 5.32 Å². The molecule has 0 aliphatic rings. The first kappa shape index (κ1) is 13.3. The molecule has 2 aromatic rings. The summed E-state index contributed by atoms with van der Waals surface area (Å²) < 4.78 is 1.75. The summed E-state index contributed by atoms with van der Waals surface area (Å²) in [7, 11) is 1.85. The van der Waals surface area contributed by atoms with Crippen LogP contribution in [0.15, 0.2) is 18.3 Å². The summed E-state index contributed by atoms with van der Waals surface area (Å²) in [6, 6.07) is 2.56. The molecule has 19 heavy (non-hydrogen) atoms. The third kappa shape index (κ3) is 3.00. The average Bonchev–Trinajstić information content (AvgIpc) is 2.67. The van der Waals surface area contributed by atoms with E-state index in [4.69, 9.17) is 11.6 Å². The van der Waals surface area contributed by atoms with Crippen LogP contribution in [0.1, 0.15) is 11.3 Å². The molecule has 2 aromatic heterocycles. The summed E-state index contributed by atoms with van der Waals surface area (Å²) in [4.78, 5) is 14.2. The molecule has 0 radical (unpaired) electrons. The highest BCUT2D eigenvalue weighted by atomic mass is 35.5. The molecule has 100 valence electrons. The molecule has 0 saturated carbocycles. The van der Waals surface area contributed by atoms with Crippen molar-refractivity contribution in [1.82, 2.24) is 14.8 Å². The predicted molar refractivity (Wildman–Crippen MR) is 71.2 cm³/mol. The van der Waals surface area contributed by atoms with Gasteiger partial charge in [0, 0.05) is 24.8 Å². The maximum Gasteiger partial charge on any atom is 0.276 e. The summed E-state index contributed by atoms with van der Waals surface area (Å²) in [5.74, 6) is 0.363. The number of anilines is 1. The molecular formula is C11H12ClN5O2. The summed E-state index contributed by atoms with van der Waals surface area (Å²) in [6.07, 6.45) is 1.74. The van der Waals surface area contributed by atoms with Crippen LogP contribution < -0.4 is 5.32 Å². The highest BCUT2D eigenvalue weighted by Crippen LogP contribution is 2.21. The molecular weight excluding hydrogens is 270 g/mol. The smallest absolute Gasteiger partial charge is 0.276 e. The van der Waals surface area contributed by atoms with Gasteiger partial charge in [0.15, 0.2) is 0 Å². The number of rotatable bonds is 4. The third-order valence-electron chi connectivity index (χ3n) is 2.79.